The standard InChI is InChI=1S/C19H33N3O4/c23-18(24)14-11-9-7-5-3-1-2-4-6-8-10-12-15-19(25)26-22-17-13-16-20-21-22/h13,16-17,21H,1-12,14-15H2,(H,23,24). The van der Waals surface area contributed by atoms with Crippen LogP contribution in [0.2, 0.25) is 0 Å². The van der Waals surface area contributed by atoms with Gasteiger partial charge >= 0.3 is 11.9 Å². The van der Waals surface area contributed by atoms with Crippen LogP contribution < -0.4 is 5.53 Å². The Bertz CT molecular complexity index is 452. The second kappa shape index (κ2) is 15.2. The van der Waals surface area contributed by atoms with Crippen molar-refractivity contribution in [1.29, 1.82) is 0 Å². The van der Waals surface area contributed by atoms with Crippen LogP contribution >= 0.6 is 0 Å². The van der Waals surface area contributed by atoms with Crippen LogP contribution in [0.1, 0.15) is 89.9 Å². The van der Waals surface area contributed by atoms with E-state index < -0.39 is 5.97 Å². The topological polar surface area (TPSA) is 91.2 Å². The van der Waals surface area contributed by atoms with E-state index in [1.165, 1.54) is 43.7 Å². The van der Waals surface area contributed by atoms with Crippen molar-refractivity contribution in [2.45, 2.75) is 89.9 Å². The summed E-state index contributed by atoms with van der Waals surface area (Å²) in [5.74, 6) is -0.935. The monoisotopic (exact) mass is 367 g/mol. The lowest BCUT2D eigenvalue weighted by atomic mass is 10.0. The number of hydrazone groups is 1. The average Bonchev–Trinajstić information content (AvgIpc) is 2.62. The maximum absolute atomic E-state index is 11.6. The quantitative estimate of drug-likeness (QED) is 0.395. The van der Waals surface area contributed by atoms with Crippen LogP contribution in [-0.4, -0.2) is 28.4 Å². The van der Waals surface area contributed by atoms with Crippen LogP contribution in [0.5, 0.6) is 0 Å². The smallest absolute Gasteiger partial charge is 0.334 e. The van der Waals surface area contributed by atoms with Crippen molar-refractivity contribution in [3.05, 3.63) is 12.3 Å². The van der Waals surface area contributed by atoms with Crippen LogP contribution in [0.3, 0.4) is 0 Å². The maximum Gasteiger partial charge on any atom is 0.334 e. The van der Waals surface area contributed by atoms with Crippen molar-refractivity contribution >= 4 is 18.2 Å². The van der Waals surface area contributed by atoms with Crippen LogP contribution in [0.4, 0.5) is 0 Å². The SMILES string of the molecule is O=C(O)CCCCCCCCCCCCCCC(=O)ON1C=CC=NN1. The lowest BCUT2D eigenvalue weighted by Gasteiger charge is -2.18. The Morgan fingerprint density at radius 3 is 1.81 bits per heavy atom. The predicted octanol–water partition coefficient (Wildman–Crippen LogP) is 4.31. The highest BCUT2D eigenvalue weighted by molar-refractivity contribution is 5.71. The molecule has 26 heavy (non-hydrogen) atoms. The second-order valence-corrected chi connectivity index (χ2v) is 6.65. The molecule has 1 aliphatic rings. The van der Waals surface area contributed by atoms with E-state index >= 15 is 0 Å². The Balaban J connectivity index is 1.76. The number of hydrogen-bond acceptors (Lipinski definition) is 6. The molecule has 1 aliphatic heterocycles. The summed E-state index contributed by atoms with van der Waals surface area (Å²) in [5.41, 5.74) is 2.55. The highest BCUT2D eigenvalue weighted by atomic mass is 16.7. The van der Waals surface area contributed by atoms with Crippen molar-refractivity contribution in [1.82, 2.24) is 10.7 Å². The van der Waals surface area contributed by atoms with E-state index in [4.69, 9.17) is 9.94 Å². The molecule has 0 fully saturated rings. The minimum Gasteiger partial charge on any atom is -0.481 e. The zero-order chi connectivity index (χ0) is 18.9. The maximum atomic E-state index is 11.6. The second-order valence-electron chi connectivity index (χ2n) is 6.65. The van der Waals surface area contributed by atoms with Crippen molar-refractivity contribution in [2.24, 2.45) is 5.10 Å². The number of allylic oxidation sites excluding steroid dienone is 1. The van der Waals surface area contributed by atoms with E-state index in [-0.39, 0.29) is 5.97 Å². The summed E-state index contributed by atoms with van der Waals surface area (Å²) in [6.45, 7) is 0. The van der Waals surface area contributed by atoms with E-state index in [1.807, 2.05) is 0 Å². The summed E-state index contributed by atoms with van der Waals surface area (Å²) in [6, 6.07) is 0. The van der Waals surface area contributed by atoms with Crippen LogP contribution in [0.15, 0.2) is 17.4 Å². The lowest BCUT2D eigenvalue weighted by molar-refractivity contribution is -0.190. The molecule has 148 valence electrons. The molecule has 0 aromatic rings. The number of carboxylic acids is 1. The fraction of sp³-hybridized carbons (Fsp3) is 0.737. The molecule has 2 N–H and O–H groups in total. The third kappa shape index (κ3) is 13.3. The van der Waals surface area contributed by atoms with Gasteiger partial charge in [-0.25, -0.2) is 4.79 Å². The van der Waals surface area contributed by atoms with Gasteiger partial charge in [-0.15, -0.1) is 5.17 Å². The minimum atomic E-state index is -0.687. The fourth-order valence-electron chi connectivity index (χ4n) is 2.80. The third-order valence-electron chi connectivity index (χ3n) is 4.26. The van der Waals surface area contributed by atoms with Gasteiger partial charge in [0.1, 0.15) is 0 Å². The first-order valence-electron chi connectivity index (χ1n) is 9.86. The van der Waals surface area contributed by atoms with Gasteiger partial charge < -0.3 is 9.94 Å². The molecule has 0 spiro atoms. The van der Waals surface area contributed by atoms with Gasteiger partial charge in [0.2, 0.25) is 0 Å². The van der Waals surface area contributed by atoms with Crippen LogP contribution in [0, 0.1) is 0 Å². The molecule has 1 heterocycles. The number of carboxylic acid groups (broad SMARTS) is 1. The molecule has 0 saturated heterocycles. The van der Waals surface area contributed by atoms with Crippen molar-refractivity contribution < 1.29 is 19.5 Å². The summed E-state index contributed by atoms with van der Waals surface area (Å²) < 4.78 is 0. The number of hydrazine groups is 1. The molecule has 0 bridgehead atoms. The molecule has 0 unspecified atom stereocenters. The van der Waals surface area contributed by atoms with Gasteiger partial charge in [-0.1, -0.05) is 64.2 Å². The molecule has 0 aromatic heterocycles. The fourth-order valence-corrected chi connectivity index (χ4v) is 2.80. The molecule has 0 saturated carbocycles. The number of carbonyl (C=O) groups is 2. The molecule has 7 heteroatoms. The molecule has 0 atom stereocenters. The average molecular weight is 367 g/mol. The van der Waals surface area contributed by atoms with Crippen LogP contribution in [-0.2, 0) is 14.4 Å². The molecular weight excluding hydrogens is 334 g/mol. The molecule has 0 aromatic carbocycles. The Kier molecular flexibility index (Phi) is 12.9. The summed E-state index contributed by atoms with van der Waals surface area (Å²) in [7, 11) is 0. The molecule has 0 radical (unpaired) electrons. The minimum absolute atomic E-state index is 0.248. The van der Waals surface area contributed by atoms with Crippen LogP contribution in [0.25, 0.3) is 0 Å². The predicted molar refractivity (Wildman–Crippen MR) is 101 cm³/mol. The highest BCUT2D eigenvalue weighted by Gasteiger charge is 2.08. The van der Waals surface area contributed by atoms with E-state index in [9.17, 15) is 9.59 Å². The summed E-state index contributed by atoms with van der Waals surface area (Å²) in [6.07, 6.45) is 19.1. The van der Waals surface area contributed by atoms with Crippen molar-refractivity contribution in [3.63, 3.8) is 0 Å². The van der Waals surface area contributed by atoms with E-state index in [0.29, 0.717) is 12.8 Å². The Hall–Kier alpha value is -2.05. The number of unbranched alkanes of at least 4 members (excludes halogenated alkanes) is 11. The number of nitrogens with zero attached hydrogens (tertiary/aromatic N) is 2. The van der Waals surface area contributed by atoms with Crippen molar-refractivity contribution in [3.8, 4) is 0 Å². The Morgan fingerprint density at radius 2 is 1.35 bits per heavy atom. The van der Waals surface area contributed by atoms with E-state index in [0.717, 1.165) is 38.5 Å². The van der Waals surface area contributed by atoms with E-state index in [1.54, 1.807) is 18.5 Å². The number of nitrogens with one attached hydrogen (secondary N) is 1. The zero-order valence-electron chi connectivity index (χ0n) is 15.7. The Morgan fingerprint density at radius 1 is 0.846 bits per heavy atom. The van der Waals surface area contributed by atoms with Gasteiger partial charge in [0.25, 0.3) is 0 Å². The van der Waals surface area contributed by atoms with Gasteiger partial charge in [0.15, 0.2) is 0 Å². The highest BCUT2D eigenvalue weighted by Crippen LogP contribution is 2.13. The van der Waals surface area contributed by atoms with Crippen molar-refractivity contribution in [2.75, 3.05) is 0 Å². The van der Waals surface area contributed by atoms with E-state index in [2.05, 4.69) is 10.6 Å². The van der Waals surface area contributed by atoms with Gasteiger partial charge in [0.05, 0.1) is 12.4 Å². The third-order valence-corrected chi connectivity index (χ3v) is 4.26. The molecule has 0 amide bonds. The lowest BCUT2D eigenvalue weighted by Crippen LogP contribution is -2.33. The number of carbonyl (C=O) groups excluding carboxylic acids is 1. The first-order valence-corrected chi connectivity index (χ1v) is 9.86. The first kappa shape index (κ1) is 22.0. The number of hydrogen-bond donors (Lipinski definition) is 2. The molecule has 7 nitrogen and oxygen atoms in total. The van der Waals surface area contributed by atoms with Gasteiger partial charge in [0, 0.05) is 12.8 Å². The first-order chi connectivity index (χ1) is 12.7. The molecule has 1 rings (SSSR count). The normalized spacial score (nSPS) is 12.8. The number of aliphatic carboxylic acids is 1. The van der Waals surface area contributed by atoms with Gasteiger partial charge in [-0.3, -0.25) is 4.79 Å². The molecule has 0 aliphatic carbocycles. The summed E-state index contributed by atoms with van der Waals surface area (Å²) in [4.78, 5) is 27.1. The largest absolute Gasteiger partial charge is 0.481 e. The summed E-state index contributed by atoms with van der Waals surface area (Å²) >= 11 is 0. The Labute approximate surface area is 156 Å². The van der Waals surface area contributed by atoms with Gasteiger partial charge in [-0.05, 0) is 18.9 Å². The zero-order valence-corrected chi connectivity index (χ0v) is 15.7. The number of rotatable bonds is 16. The number of hydroxylamine groups is 1. The summed E-state index contributed by atoms with van der Waals surface area (Å²) in [5, 5.41) is 13.5. The van der Waals surface area contributed by atoms with Gasteiger partial charge in [-0.2, -0.15) is 10.6 Å². The molecular formula is C19H33N3O4.